The molecule has 4 heteroatoms. The normalized spacial score (nSPS) is 10.1. The molecule has 0 aromatic heterocycles. The summed E-state index contributed by atoms with van der Waals surface area (Å²) in [4.78, 5) is 25.0. The zero-order valence-electron chi connectivity index (χ0n) is 12.3. The summed E-state index contributed by atoms with van der Waals surface area (Å²) in [6.07, 6.45) is 2.13. The number of benzene rings is 1. The molecule has 0 aliphatic heterocycles. The van der Waals surface area contributed by atoms with Gasteiger partial charge in [0.2, 0.25) is 5.91 Å². The Morgan fingerprint density at radius 2 is 1.85 bits per heavy atom. The quantitative estimate of drug-likeness (QED) is 0.686. The number of ether oxygens (including phenoxy) is 1. The minimum Gasteiger partial charge on any atom is -0.465 e. The number of likely N-dealkylation sites (N-methyl/N-ethyl adjacent to an activating group) is 1. The van der Waals surface area contributed by atoms with Crippen molar-refractivity contribution in [2.45, 2.75) is 33.1 Å². The standard InChI is InChI=1S/C16H23NO3/c1-3-17(13-16(19)20-4-2)15(18)12-8-11-14-9-6-5-7-10-14/h5-7,9-10H,3-4,8,11-13H2,1-2H3. The first-order chi connectivity index (χ1) is 9.67. The van der Waals surface area contributed by atoms with Crippen LogP contribution in [0.3, 0.4) is 0 Å². The van der Waals surface area contributed by atoms with E-state index in [9.17, 15) is 9.59 Å². The average molecular weight is 277 g/mol. The molecular weight excluding hydrogens is 254 g/mol. The molecule has 0 unspecified atom stereocenters. The van der Waals surface area contributed by atoms with Crippen molar-refractivity contribution < 1.29 is 14.3 Å². The van der Waals surface area contributed by atoms with Crippen LogP contribution in [-0.2, 0) is 20.7 Å². The largest absolute Gasteiger partial charge is 0.465 e. The van der Waals surface area contributed by atoms with Crippen molar-refractivity contribution in [1.82, 2.24) is 4.90 Å². The van der Waals surface area contributed by atoms with E-state index in [4.69, 9.17) is 4.74 Å². The smallest absolute Gasteiger partial charge is 0.325 e. The molecule has 20 heavy (non-hydrogen) atoms. The zero-order chi connectivity index (χ0) is 14.8. The Bertz CT molecular complexity index is 417. The van der Waals surface area contributed by atoms with E-state index >= 15 is 0 Å². The van der Waals surface area contributed by atoms with Gasteiger partial charge in [-0.25, -0.2) is 0 Å². The van der Waals surface area contributed by atoms with Crippen LogP contribution in [0.5, 0.6) is 0 Å². The molecule has 1 amide bonds. The highest BCUT2D eigenvalue weighted by atomic mass is 16.5. The van der Waals surface area contributed by atoms with Gasteiger partial charge in [0.05, 0.1) is 6.61 Å². The maximum Gasteiger partial charge on any atom is 0.325 e. The monoisotopic (exact) mass is 277 g/mol. The van der Waals surface area contributed by atoms with Crippen LogP contribution in [0, 0.1) is 0 Å². The number of hydrogen-bond donors (Lipinski definition) is 0. The maximum atomic E-state index is 12.0. The van der Waals surface area contributed by atoms with Gasteiger partial charge in [-0.2, -0.15) is 0 Å². The fourth-order valence-corrected chi connectivity index (χ4v) is 1.99. The minimum absolute atomic E-state index is 0.0106. The van der Waals surface area contributed by atoms with Crippen molar-refractivity contribution in [1.29, 1.82) is 0 Å². The van der Waals surface area contributed by atoms with Crippen LogP contribution < -0.4 is 0 Å². The van der Waals surface area contributed by atoms with Gasteiger partial charge in [0.1, 0.15) is 6.54 Å². The van der Waals surface area contributed by atoms with Crippen molar-refractivity contribution >= 4 is 11.9 Å². The third kappa shape index (κ3) is 5.87. The average Bonchev–Trinajstić information content (AvgIpc) is 2.46. The summed E-state index contributed by atoms with van der Waals surface area (Å²) in [6, 6.07) is 10.1. The molecule has 1 rings (SSSR count). The Hall–Kier alpha value is -1.84. The molecule has 0 N–H and O–H groups in total. The molecule has 0 radical (unpaired) electrons. The summed E-state index contributed by atoms with van der Waals surface area (Å²) in [7, 11) is 0. The summed E-state index contributed by atoms with van der Waals surface area (Å²) in [5, 5.41) is 0. The van der Waals surface area contributed by atoms with Crippen molar-refractivity contribution in [2.24, 2.45) is 0 Å². The number of amides is 1. The number of nitrogens with zero attached hydrogens (tertiary/aromatic N) is 1. The molecule has 0 aliphatic rings. The number of aryl methyl sites for hydroxylation is 1. The molecule has 1 aromatic rings. The van der Waals surface area contributed by atoms with Crippen LogP contribution in [0.15, 0.2) is 30.3 Å². The number of rotatable bonds is 8. The highest BCUT2D eigenvalue weighted by Crippen LogP contribution is 2.06. The van der Waals surface area contributed by atoms with Crippen LogP contribution in [0.1, 0.15) is 32.3 Å². The lowest BCUT2D eigenvalue weighted by Crippen LogP contribution is -2.36. The zero-order valence-corrected chi connectivity index (χ0v) is 12.3. The van der Waals surface area contributed by atoms with E-state index in [0.29, 0.717) is 19.6 Å². The number of carbonyl (C=O) groups is 2. The van der Waals surface area contributed by atoms with Crippen LogP contribution in [-0.4, -0.2) is 36.5 Å². The van der Waals surface area contributed by atoms with Gasteiger partial charge in [0.25, 0.3) is 0 Å². The molecule has 0 atom stereocenters. The molecule has 0 aliphatic carbocycles. The van der Waals surface area contributed by atoms with Gasteiger partial charge < -0.3 is 9.64 Å². The second kappa shape index (κ2) is 9.13. The Labute approximate surface area is 120 Å². The number of esters is 1. The van der Waals surface area contributed by atoms with Gasteiger partial charge >= 0.3 is 5.97 Å². The summed E-state index contributed by atoms with van der Waals surface area (Å²) in [5.41, 5.74) is 1.23. The Kier molecular flexibility index (Phi) is 7.40. The Morgan fingerprint density at radius 3 is 2.45 bits per heavy atom. The van der Waals surface area contributed by atoms with Gasteiger partial charge in [0, 0.05) is 13.0 Å². The Morgan fingerprint density at radius 1 is 1.15 bits per heavy atom. The lowest BCUT2D eigenvalue weighted by atomic mass is 10.1. The third-order valence-electron chi connectivity index (χ3n) is 3.06. The van der Waals surface area contributed by atoms with E-state index in [1.165, 1.54) is 5.56 Å². The molecule has 0 heterocycles. The van der Waals surface area contributed by atoms with Crippen molar-refractivity contribution in [3.05, 3.63) is 35.9 Å². The SMILES string of the molecule is CCOC(=O)CN(CC)C(=O)CCCc1ccccc1. The first kappa shape index (κ1) is 16.2. The van der Waals surface area contributed by atoms with Crippen molar-refractivity contribution in [2.75, 3.05) is 19.7 Å². The molecule has 0 saturated carbocycles. The van der Waals surface area contributed by atoms with E-state index in [1.807, 2.05) is 25.1 Å². The fraction of sp³-hybridized carbons (Fsp3) is 0.500. The van der Waals surface area contributed by atoms with Gasteiger partial charge in [-0.1, -0.05) is 30.3 Å². The van der Waals surface area contributed by atoms with Gasteiger partial charge in [-0.15, -0.1) is 0 Å². The first-order valence-corrected chi connectivity index (χ1v) is 7.14. The Balaban J connectivity index is 2.34. The molecule has 0 spiro atoms. The van der Waals surface area contributed by atoms with Gasteiger partial charge in [-0.3, -0.25) is 9.59 Å². The molecule has 0 saturated heterocycles. The lowest BCUT2D eigenvalue weighted by Gasteiger charge is -2.19. The summed E-state index contributed by atoms with van der Waals surface area (Å²) < 4.78 is 4.87. The van der Waals surface area contributed by atoms with Crippen LogP contribution >= 0.6 is 0 Å². The minimum atomic E-state index is -0.342. The highest BCUT2D eigenvalue weighted by molar-refractivity contribution is 5.82. The van der Waals surface area contributed by atoms with Crippen molar-refractivity contribution in [3.8, 4) is 0 Å². The third-order valence-corrected chi connectivity index (χ3v) is 3.06. The summed E-state index contributed by atoms with van der Waals surface area (Å²) in [6.45, 7) is 4.56. The van der Waals surface area contributed by atoms with Crippen LogP contribution in [0.25, 0.3) is 0 Å². The number of hydrogen-bond acceptors (Lipinski definition) is 3. The molecular formula is C16H23NO3. The summed E-state index contributed by atoms with van der Waals surface area (Å²) >= 11 is 0. The van der Waals surface area contributed by atoms with Gasteiger partial charge in [0.15, 0.2) is 0 Å². The van der Waals surface area contributed by atoms with Gasteiger partial charge in [-0.05, 0) is 32.3 Å². The number of carbonyl (C=O) groups excluding carboxylic acids is 2. The second-order valence-corrected chi connectivity index (χ2v) is 4.55. The van der Waals surface area contributed by atoms with E-state index < -0.39 is 0 Å². The highest BCUT2D eigenvalue weighted by Gasteiger charge is 2.15. The molecule has 1 aromatic carbocycles. The topological polar surface area (TPSA) is 46.6 Å². The van der Waals surface area contributed by atoms with E-state index in [1.54, 1.807) is 11.8 Å². The summed E-state index contributed by atoms with van der Waals surface area (Å²) in [5.74, 6) is -0.331. The van der Waals surface area contributed by atoms with E-state index in [-0.39, 0.29) is 18.4 Å². The molecule has 0 fully saturated rings. The molecule has 0 bridgehead atoms. The van der Waals surface area contributed by atoms with Crippen LogP contribution in [0.2, 0.25) is 0 Å². The fourth-order valence-electron chi connectivity index (χ4n) is 1.99. The predicted octanol–water partition coefficient (Wildman–Crippen LogP) is 2.42. The lowest BCUT2D eigenvalue weighted by molar-refractivity contribution is -0.148. The first-order valence-electron chi connectivity index (χ1n) is 7.14. The molecule has 110 valence electrons. The van der Waals surface area contributed by atoms with Crippen molar-refractivity contribution in [3.63, 3.8) is 0 Å². The van der Waals surface area contributed by atoms with E-state index in [2.05, 4.69) is 12.1 Å². The second-order valence-electron chi connectivity index (χ2n) is 4.55. The predicted molar refractivity (Wildman–Crippen MR) is 78.3 cm³/mol. The van der Waals surface area contributed by atoms with E-state index in [0.717, 1.165) is 12.8 Å². The van der Waals surface area contributed by atoms with Crippen LogP contribution in [0.4, 0.5) is 0 Å². The maximum absolute atomic E-state index is 12.0. The molecule has 4 nitrogen and oxygen atoms in total.